The molecule has 0 heterocycles. The molecule has 0 radical (unpaired) electrons. The summed E-state index contributed by atoms with van der Waals surface area (Å²) in [5, 5.41) is 0. The summed E-state index contributed by atoms with van der Waals surface area (Å²) in [6.07, 6.45) is 7.69. The topological polar surface area (TPSA) is 92.3 Å². The summed E-state index contributed by atoms with van der Waals surface area (Å²) in [5.74, 6) is 0. The summed E-state index contributed by atoms with van der Waals surface area (Å²) in [6.45, 7) is 25.1. The third kappa shape index (κ3) is 12.2. The summed E-state index contributed by atoms with van der Waals surface area (Å²) in [7, 11) is -15.8. The minimum absolute atomic E-state index is 0.407. The molecule has 0 saturated heterocycles. The molecule has 0 amide bonds. The van der Waals surface area contributed by atoms with E-state index in [4.69, 9.17) is 44.3 Å². The molecule has 0 aliphatic rings. The van der Waals surface area contributed by atoms with E-state index in [1.54, 1.807) is 0 Å². The second-order valence-electron chi connectivity index (χ2n) is 10.8. The predicted molar refractivity (Wildman–Crippen MR) is 185 cm³/mol. The van der Waals surface area contributed by atoms with Crippen molar-refractivity contribution in [3.05, 3.63) is 0 Å². The molecule has 44 heavy (non-hydrogen) atoms. The van der Waals surface area contributed by atoms with E-state index < -0.39 is 31.8 Å². The van der Waals surface area contributed by atoms with Gasteiger partial charge in [-0.1, -0.05) is 69.2 Å². The molecule has 0 aromatic carbocycles. The zero-order valence-electron chi connectivity index (χ0n) is 30.2. The van der Waals surface area contributed by atoms with Gasteiger partial charge in [0.05, 0.1) is 0 Å². The Morgan fingerprint density at radius 1 is 0.227 bits per heavy atom. The Morgan fingerprint density at radius 2 is 0.364 bits per heavy atom. The fraction of sp³-hybridized carbons (Fsp3) is 1.00. The normalized spacial score (nSPS) is 13.2. The van der Waals surface area contributed by atoms with Crippen LogP contribution in [0.1, 0.15) is 133 Å². The molecule has 0 atom stereocenters. The van der Waals surface area contributed by atoms with Crippen LogP contribution in [0, 0.1) is 0 Å². The van der Waals surface area contributed by atoms with Crippen molar-refractivity contribution >= 4 is 31.8 Å². The summed E-state index contributed by atoms with van der Waals surface area (Å²) < 4.78 is 70.7. The second kappa shape index (κ2) is 26.4. The highest BCUT2D eigenvalue weighted by molar-refractivity contribution is 7.73. The Kier molecular flexibility index (Phi) is 26.7. The van der Waals surface area contributed by atoms with Gasteiger partial charge in [-0.3, -0.25) is 0 Å². The molecule has 0 aliphatic carbocycles. The van der Waals surface area contributed by atoms with Crippen LogP contribution in [0.2, 0.25) is 0 Å². The van der Waals surface area contributed by atoms with Crippen LogP contribution in [-0.4, -0.2) is 97.9 Å². The summed E-state index contributed by atoms with van der Waals surface area (Å²) in [6, 6.07) is 0. The third-order valence-electron chi connectivity index (χ3n) is 6.25. The first-order chi connectivity index (χ1) is 21.4. The third-order valence-corrected chi connectivity index (χ3v) is 41.9. The monoisotopic (exact) mass is 702 g/mol. The highest BCUT2D eigenvalue weighted by Gasteiger charge is 2.92. The Bertz CT molecular complexity index is 552. The zero-order chi connectivity index (χ0) is 33.2. The SMILES string of the molecule is CCCO[Si](OCCC)(OCCC)[Si](OCCC)(OCCC)[Si](OCCC)(OCCC)[Si](OCCC)(OCCC)OCCC. The molecule has 0 aliphatic heterocycles. The lowest BCUT2D eigenvalue weighted by Crippen LogP contribution is -2.94. The molecule has 0 N–H and O–H groups in total. The predicted octanol–water partition coefficient (Wildman–Crippen LogP) is 7.25. The Morgan fingerprint density at radius 3 is 0.500 bits per heavy atom. The summed E-state index contributed by atoms with van der Waals surface area (Å²) in [4.78, 5) is 0. The lowest BCUT2D eigenvalue weighted by molar-refractivity contribution is 0.0372. The first-order valence-electron chi connectivity index (χ1n) is 17.7. The van der Waals surface area contributed by atoms with Crippen LogP contribution in [0.3, 0.4) is 0 Å². The maximum Gasteiger partial charge on any atom is 0.541 e. The lowest BCUT2D eigenvalue weighted by atomic mass is 10.5. The van der Waals surface area contributed by atoms with Gasteiger partial charge in [0.25, 0.3) is 0 Å². The number of hydrogen-bond donors (Lipinski definition) is 0. The Hall–Kier alpha value is 0.468. The standard InChI is InChI=1S/C30H70O10Si4/c1-11-21-31-41(32-22-12-2,33-23-13-3)43(37-27-17-7,38-28-18-8)44(39-29-19-9,40-30-20-10)42(34-24-14-4,35-25-15-5)36-26-16-6/h11-30H2,1-10H3. The first kappa shape index (κ1) is 44.5. The van der Waals surface area contributed by atoms with Crippen LogP contribution in [0.15, 0.2) is 0 Å². The molecule has 0 spiro atoms. The van der Waals surface area contributed by atoms with Crippen molar-refractivity contribution in [2.45, 2.75) is 133 Å². The van der Waals surface area contributed by atoms with Gasteiger partial charge in [0.2, 0.25) is 0 Å². The van der Waals surface area contributed by atoms with Gasteiger partial charge in [-0.15, -0.1) is 0 Å². The van der Waals surface area contributed by atoms with Gasteiger partial charge in [-0.05, 0) is 64.2 Å². The van der Waals surface area contributed by atoms with E-state index in [-0.39, 0.29) is 0 Å². The van der Waals surface area contributed by atoms with Gasteiger partial charge >= 0.3 is 31.8 Å². The van der Waals surface area contributed by atoms with E-state index in [9.17, 15) is 0 Å². The minimum atomic E-state index is -4.02. The summed E-state index contributed by atoms with van der Waals surface area (Å²) >= 11 is 0. The number of hydrogen-bond acceptors (Lipinski definition) is 10. The van der Waals surface area contributed by atoms with E-state index in [0.29, 0.717) is 66.1 Å². The molecule has 0 fully saturated rings. The molecule has 0 unspecified atom stereocenters. The van der Waals surface area contributed by atoms with Crippen LogP contribution < -0.4 is 0 Å². The summed E-state index contributed by atoms with van der Waals surface area (Å²) in [5.41, 5.74) is 0. The molecule has 0 rings (SSSR count). The van der Waals surface area contributed by atoms with Crippen molar-refractivity contribution in [2.24, 2.45) is 0 Å². The average Bonchev–Trinajstić information content (AvgIpc) is 3.05. The van der Waals surface area contributed by atoms with E-state index in [1.807, 2.05) is 0 Å². The van der Waals surface area contributed by atoms with Crippen LogP contribution in [0.5, 0.6) is 0 Å². The molecule has 14 heteroatoms. The fourth-order valence-electron chi connectivity index (χ4n) is 4.44. The molecule has 0 aromatic rings. The van der Waals surface area contributed by atoms with E-state index in [0.717, 1.165) is 64.2 Å². The molecular weight excluding hydrogens is 633 g/mol. The van der Waals surface area contributed by atoms with Crippen molar-refractivity contribution in [2.75, 3.05) is 66.1 Å². The molecule has 10 nitrogen and oxygen atoms in total. The maximum atomic E-state index is 7.25. The molecule has 0 aromatic heterocycles. The van der Waals surface area contributed by atoms with Crippen LogP contribution in [0.25, 0.3) is 0 Å². The van der Waals surface area contributed by atoms with Crippen molar-refractivity contribution < 1.29 is 44.3 Å². The molecular formula is C30H70O10Si4. The van der Waals surface area contributed by atoms with Crippen molar-refractivity contribution in [3.8, 4) is 0 Å². The van der Waals surface area contributed by atoms with Crippen molar-refractivity contribution in [1.29, 1.82) is 0 Å². The average molecular weight is 703 g/mol. The van der Waals surface area contributed by atoms with Gasteiger partial charge in [-0.25, -0.2) is 0 Å². The van der Waals surface area contributed by atoms with E-state index in [2.05, 4.69) is 69.2 Å². The van der Waals surface area contributed by atoms with Gasteiger partial charge < -0.3 is 44.3 Å². The van der Waals surface area contributed by atoms with Crippen LogP contribution >= 0.6 is 0 Å². The lowest BCUT2D eigenvalue weighted by Gasteiger charge is -2.52. The first-order valence-corrected chi connectivity index (χ1v) is 27.8. The molecule has 0 saturated carbocycles. The van der Waals surface area contributed by atoms with Gasteiger partial charge in [0.1, 0.15) is 0 Å². The maximum absolute atomic E-state index is 7.25. The highest BCUT2D eigenvalue weighted by atomic mass is 29.9. The van der Waals surface area contributed by atoms with Gasteiger partial charge in [0, 0.05) is 66.1 Å². The molecule has 0 bridgehead atoms. The van der Waals surface area contributed by atoms with Crippen molar-refractivity contribution in [3.63, 3.8) is 0 Å². The van der Waals surface area contributed by atoms with Crippen LogP contribution in [0.4, 0.5) is 0 Å². The fourth-order valence-corrected chi connectivity index (χ4v) is 49.9. The zero-order valence-corrected chi connectivity index (χ0v) is 34.2. The minimum Gasteiger partial charge on any atom is -0.391 e. The molecule has 266 valence electrons. The van der Waals surface area contributed by atoms with Crippen LogP contribution in [-0.2, 0) is 44.3 Å². The highest BCUT2D eigenvalue weighted by Crippen LogP contribution is 2.43. The Balaban J connectivity index is 8.49. The van der Waals surface area contributed by atoms with E-state index >= 15 is 0 Å². The van der Waals surface area contributed by atoms with Crippen molar-refractivity contribution in [1.82, 2.24) is 0 Å². The second-order valence-corrected chi connectivity index (χ2v) is 33.0. The number of rotatable bonds is 33. The largest absolute Gasteiger partial charge is 0.541 e. The van der Waals surface area contributed by atoms with E-state index in [1.165, 1.54) is 0 Å². The quantitative estimate of drug-likeness (QED) is 0.0652. The Labute approximate surface area is 275 Å². The van der Waals surface area contributed by atoms with Gasteiger partial charge in [0.15, 0.2) is 0 Å². The smallest absolute Gasteiger partial charge is 0.391 e. The van der Waals surface area contributed by atoms with Gasteiger partial charge in [-0.2, -0.15) is 0 Å².